The van der Waals surface area contributed by atoms with Gasteiger partial charge in [-0.25, -0.2) is 0 Å². The number of hydrogen-bond donors (Lipinski definition) is 2. The van der Waals surface area contributed by atoms with Gasteiger partial charge in [-0.2, -0.15) is 0 Å². The van der Waals surface area contributed by atoms with Gasteiger partial charge in [0, 0.05) is 19.2 Å². The minimum Gasteiger partial charge on any atom is -0.389 e. The molecule has 0 saturated heterocycles. The summed E-state index contributed by atoms with van der Waals surface area (Å²) >= 11 is 0. The van der Waals surface area contributed by atoms with Gasteiger partial charge in [0.25, 0.3) is 0 Å². The minimum atomic E-state index is -0.386. The molecular formula is C17H37NO2. The second-order valence-electron chi connectivity index (χ2n) is 6.16. The molecule has 3 heteroatoms. The SMILES string of the molecule is CCCCCCCCOCC(O)CNC(CC)C(C)C. The Labute approximate surface area is 126 Å². The van der Waals surface area contributed by atoms with E-state index in [0.29, 0.717) is 25.1 Å². The highest BCUT2D eigenvalue weighted by Gasteiger charge is 2.12. The first-order valence-corrected chi connectivity index (χ1v) is 8.60. The van der Waals surface area contributed by atoms with Gasteiger partial charge < -0.3 is 15.2 Å². The molecule has 0 bridgehead atoms. The summed E-state index contributed by atoms with van der Waals surface area (Å²) in [6, 6.07) is 0.489. The Morgan fingerprint density at radius 2 is 1.65 bits per heavy atom. The average molecular weight is 287 g/mol. The lowest BCUT2D eigenvalue weighted by atomic mass is 10.0. The Kier molecular flexibility index (Phi) is 13.8. The predicted molar refractivity (Wildman–Crippen MR) is 87.1 cm³/mol. The van der Waals surface area contributed by atoms with Crippen molar-refractivity contribution in [3.05, 3.63) is 0 Å². The zero-order valence-electron chi connectivity index (χ0n) is 14.2. The molecule has 0 aromatic rings. The van der Waals surface area contributed by atoms with Crippen LogP contribution in [0.5, 0.6) is 0 Å². The van der Waals surface area contributed by atoms with Crippen molar-refractivity contribution in [3.63, 3.8) is 0 Å². The molecule has 2 unspecified atom stereocenters. The zero-order valence-corrected chi connectivity index (χ0v) is 14.2. The quantitative estimate of drug-likeness (QED) is 0.478. The Morgan fingerprint density at radius 1 is 1.00 bits per heavy atom. The van der Waals surface area contributed by atoms with Gasteiger partial charge in [-0.15, -0.1) is 0 Å². The van der Waals surface area contributed by atoms with Crippen LogP contribution in [0, 0.1) is 5.92 Å². The molecule has 2 N–H and O–H groups in total. The largest absolute Gasteiger partial charge is 0.389 e. The first-order chi connectivity index (χ1) is 9.61. The van der Waals surface area contributed by atoms with Crippen LogP contribution in [-0.4, -0.2) is 37.0 Å². The summed E-state index contributed by atoms with van der Waals surface area (Å²) in [7, 11) is 0. The third-order valence-corrected chi connectivity index (χ3v) is 3.81. The molecule has 20 heavy (non-hydrogen) atoms. The first-order valence-electron chi connectivity index (χ1n) is 8.60. The maximum atomic E-state index is 9.86. The van der Waals surface area contributed by atoms with Crippen LogP contribution in [0.1, 0.15) is 72.6 Å². The topological polar surface area (TPSA) is 41.5 Å². The van der Waals surface area contributed by atoms with E-state index >= 15 is 0 Å². The lowest BCUT2D eigenvalue weighted by Gasteiger charge is -2.22. The number of ether oxygens (including phenoxy) is 1. The van der Waals surface area contributed by atoms with E-state index in [2.05, 4.69) is 33.0 Å². The normalized spacial score (nSPS) is 14.7. The lowest BCUT2D eigenvalue weighted by molar-refractivity contribution is 0.0332. The van der Waals surface area contributed by atoms with Crippen LogP contribution in [0.4, 0.5) is 0 Å². The second kappa shape index (κ2) is 13.8. The second-order valence-corrected chi connectivity index (χ2v) is 6.16. The fourth-order valence-electron chi connectivity index (χ4n) is 2.40. The summed E-state index contributed by atoms with van der Waals surface area (Å²) in [5, 5.41) is 13.3. The molecule has 0 heterocycles. The number of aliphatic hydroxyl groups is 1. The molecule has 0 aliphatic heterocycles. The Hall–Kier alpha value is -0.120. The average Bonchev–Trinajstić information content (AvgIpc) is 2.42. The van der Waals surface area contributed by atoms with Crippen LogP contribution in [0.15, 0.2) is 0 Å². The van der Waals surface area contributed by atoms with E-state index in [1.807, 2.05) is 0 Å². The van der Waals surface area contributed by atoms with Gasteiger partial charge in [-0.05, 0) is 18.8 Å². The molecule has 0 rings (SSSR count). The molecule has 0 aliphatic carbocycles. The van der Waals surface area contributed by atoms with Gasteiger partial charge in [-0.3, -0.25) is 0 Å². The molecule has 3 nitrogen and oxygen atoms in total. The standard InChI is InChI=1S/C17H37NO2/c1-5-7-8-9-10-11-12-20-14-16(19)13-18-17(6-2)15(3)4/h15-19H,5-14H2,1-4H3. The Morgan fingerprint density at radius 3 is 2.25 bits per heavy atom. The lowest BCUT2D eigenvalue weighted by Crippen LogP contribution is -2.39. The summed E-state index contributed by atoms with van der Waals surface area (Å²) in [6.07, 6.45) is 8.38. The van der Waals surface area contributed by atoms with Gasteiger partial charge in [0.2, 0.25) is 0 Å². The molecule has 2 atom stereocenters. The van der Waals surface area contributed by atoms with Crippen LogP contribution in [0.2, 0.25) is 0 Å². The summed E-state index contributed by atoms with van der Waals surface area (Å²) < 4.78 is 5.54. The zero-order chi connectivity index (χ0) is 15.2. The van der Waals surface area contributed by atoms with E-state index in [1.54, 1.807) is 0 Å². The highest BCUT2D eigenvalue weighted by molar-refractivity contribution is 4.70. The van der Waals surface area contributed by atoms with Gasteiger partial charge >= 0.3 is 0 Å². The van der Waals surface area contributed by atoms with Gasteiger partial charge in [0.1, 0.15) is 0 Å². The maximum Gasteiger partial charge on any atom is 0.0897 e. The minimum absolute atomic E-state index is 0.386. The summed E-state index contributed by atoms with van der Waals surface area (Å²) in [5.41, 5.74) is 0. The van der Waals surface area contributed by atoms with E-state index in [0.717, 1.165) is 19.4 Å². The smallest absolute Gasteiger partial charge is 0.0897 e. The Bertz CT molecular complexity index is 197. The van der Waals surface area contributed by atoms with E-state index in [1.165, 1.54) is 32.1 Å². The highest BCUT2D eigenvalue weighted by Crippen LogP contribution is 2.06. The van der Waals surface area contributed by atoms with Crippen molar-refractivity contribution in [2.75, 3.05) is 19.8 Å². The van der Waals surface area contributed by atoms with Gasteiger partial charge in [0.05, 0.1) is 12.7 Å². The maximum absolute atomic E-state index is 9.86. The fourth-order valence-corrected chi connectivity index (χ4v) is 2.40. The van der Waals surface area contributed by atoms with Crippen molar-refractivity contribution < 1.29 is 9.84 Å². The van der Waals surface area contributed by atoms with Gasteiger partial charge in [0.15, 0.2) is 0 Å². The third kappa shape index (κ3) is 11.7. The molecule has 122 valence electrons. The monoisotopic (exact) mass is 287 g/mol. The molecule has 0 aliphatic rings. The third-order valence-electron chi connectivity index (χ3n) is 3.81. The van der Waals surface area contributed by atoms with Crippen LogP contribution >= 0.6 is 0 Å². The summed E-state index contributed by atoms with van der Waals surface area (Å²) in [6.45, 7) is 10.7. The number of aliphatic hydroxyl groups excluding tert-OH is 1. The van der Waals surface area contributed by atoms with Gasteiger partial charge in [-0.1, -0.05) is 59.8 Å². The molecule has 0 spiro atoms. The van der Waals surface area contributed by atoms with E-state index in [9.17, 15) is 5.11 Å². The van der Waals surface area contributed by atoms with Crippen LogP contribution in [-0.2, 0) is 4.74 Å². The van der Waals surface area contributed by atoms with Crippen LogP contribution in [0.3, 0.4) is 0 Å². The van der Waals surface area contributed by atoms with Crippen molar-refractivity contribution in [2.45, 2.75) is 84.8 Å². The first kappa shape index (κ1) is 19.9. The van der Waals surface area contributed by atoms with Crippen molar-refractivity contribution in [2.24, 2.45) is 5.92 Å². The predicted octanol–water partition coefficient (Wildman–Crippen LogP) is 3.75. The molecule has 0 fully saturated rings. The van der Waals surface area contributed by atoms with Crippen molar-refractivity contribution >= 4 is 0 Å². The van der Waals surface area contributed by atoms with E-state index < -0.39 is 0 Å². The molecule has 0 amide bonds. The summed E-state index contributed by atoms with van der Waals surface area (Å²) in [5.74, 6) is 0.608. The van der Waals surface area contributed by atoms with E-state index in [-0.39, 0.29) is 6.10 Å². The molecule has 0 aromatic carbocycles. The summed E-state index contributed by atoms with van der Waals surface area (Å²) in [4.78, 5) is 0. The van der Waals surface area contributed by atoms with Crippen LogP contribution < -0.4 is 5.32 Å². The van der Waals surface area contributed by atoms with Crippen molar-refractivity contribution in [1.82, 2.24) is 5.32 Å². The number of rotatable bonds is 14. The van der Waals surface area contributed by atoms with Crippen molar-refractivity contribution in [3.8, 4) is 0 Å². The van der Waals surface area contributed by atoms with Crippen LogP contribution in [0.25, 0.3) is 0 Å². The Balaban J connectivity index is 3.38. The molecule has 0 radical (unpaired) electrons. The fraction of sp³-hybridized carbons (Fsp3) is 1.00. The van der Waals surface area contributed by atoms with E-state index in [4.69, 9.17) is 4.74 Å². The molecular weight excluding hydrogens is 250 g/mol. The van der Waals surface area contributed by atoms with Crippen molar-refractivity contribution in [1.29, 1.82) is 0 Å². The number of nitrogens with one attached hydrogen (secondary N) is 1. The highest BCUT2D eigenvalue weighted by atomic mass is 16.5. The number of unbranched alkanes of at least 4 members (excludes halogenated alkanes) is 5. The molecule has 0 aromatic heterocycles. The molecule has 0 saturated carbocycles. The number of hydrogen-bond acceptors (Lipinski definition) is 3.